The first-order valence-electron chi connectivity index (χ1n) is 11.3. The lowest BCUT2D eigenvalue weighted by atomic mass is 9.86. The first-order chi connectivity index (χ1) is 16.1. The fourth-order valence-electron chi connectivity index (χ4n) is 4.75. The van der Waals surface area contributed by atoms with E-state index in [0.29, 0.717) is 43.2 Å². The van der Waals surface area contributed by atoms with E-state index in [9.17, 15) is 4.79 Å². The molecule has 7 heteroatoms. The van der Waals surface area contributed by atoms with E-state index in [1.54, 1.807) is 25.3 Å². The smallest absolute Gasteiger partial charge is 0.253 e. The fourth-order valence-corrected chi connectivity index (χ4v) is 4.75. The average Bonchev–Trinajstić information content (AvgIpc) is 3.36. The maximum atomic E-state index is 13.3. The molecule has 0 radical (unpaired) electrons. The average molecular weight is 451 g/mol. The van der Waals surface area contributed by atoms with Crippen LogP contribution in [0.5, 0.6) is 17.2 Å². The molecule has 1 spiro atoms. The monoisotopic (exact) mass is 450 g/mol. The predicted molar refractivity (Wildman–Crippen MR) is 126 cm³/mol. The maximum absolute atomic E-state index is 13.3. The summed E-state index contributed by atoms with van der Waals surface area (Å²) in [6.45, 7) is 1.65. The number of amides is 1. The van der Waals surface area contributed by atoms with Crippen LogP contribution in [0.3, 0.4) is 0 Å². The molecular formula is C26H30N2O5. The first-order valence-corrected chi connectivity index (χ1v) is 11.3. The van der Waals surface area contributed by atoms with Crippen LogP contribution in [-0.4, -0.2) is 53.9 Å². The molecule has 174 valence electrons. The molecule has 2 aliphatic heterocycles. The standard InChI is InChI=1S/C26H28N2O5.H2/c1-31-23-18-19(9-10-22(23)32-17-5-16-29)25(30)27-14-11-26(12-15-27)24-8-4-13-28(24)20-6-2-3-7-21(20)33-26;/h2-4,6-10,13,18,29H,5,11-12,14-17H2,1H3;1H. The fraction of sp³-hybridized carbons (Fsp3) is 0.346. The molecule has 3 aromatic rings. The maximum Gasteiger partial charge on any atom is 0.253 e. The lowest BCUT2D eigenvalue weighted by Crippen LogP contribution is -2.50. The summed E-state index contributed by atoms with van der Waals surface area (Å²) in [5.74, 6) is 1.92. The number of aliphatic hydroxyl groups is 1. The quantitative estimate of drug-likeness (QED) is 0.575. The summed E-state index contributed by atoms with van der Waals surface area (Å²) >= 11 is 0. The number of nitrogens with zero attached hydrogens (tertiary/aromatic N) is 2. The van der Waals surface area contributed by atoms with Crippen molar-refractivity contribution >= 4 is 5.91 Å². The second-order valence-corrected chi connectivity index (χ2v) is 8.41. The molecule has 33 heavy (non-hydrogen) atoms. The number of aromatic nitrogens is 1. The summed E-state index contributed by atoms with van der Waals surface area (Å²) < 4.78 is 19.8. The van der Waals surface area contributed by atoms with E-state index in [1.165, 1.54) is 0 Å². The molecule has 2 aliphatic rings. The highest BCUT2D eigenvalue weighted by Crippen LogP contribution is 2.45. The number of rotatable bonds is 6. The molecule has 1 amide bonds. The molecule has 1 fully saturated rings. The van der Waals surface area contributed by atoms with Gasteiger partial charge in [-0.05, 0) is 42.5 Å². The molecule has 1 aromatic heterocycles. The van der Waals surface area contributed by atoms with Gasteiger partial charge in [-0.2, -0.15) is 0 Å². The number of ether oxygens (including phenoxy) is 3. The van der Waals surface area contributed by atoms with Gasteiger partial charge < -0.3 is 28.8 Å². The van der Waals surface area contributed by atoms with Crippen molar-refractivity contribution in [3.05, 3.63) is 72.1 Å². The van der Waals surface area contributed by atoms with Crippen LogP contribution in [0.4, 0.5) is 0 Å². The van der Waals surface area contributed by atoms with Gasteiger partial charge in [0.25, 0.3) is 5.91 Å². The topological polar surface area (TPSA) is 73.2 Å². The zero-order chi connectivity index (χ0) is 22.8. The van der Waals surface area contributed by atoms with Gasteiger partial charge in [-0.3, -0.25) is 4.79 Å². The number of piperidine rings is 1. The highest BCUT2D eigenvalue weighted by molar-refractivity contribution is 5.95. The van der Waals surface area contributed by atoms with Crippen LogP contribution < -0.4 is 14.2 Å². The second kappa shape index (κ2) is 8.83. The van der Waals surface area contributed by atoms with Crippen molar-refractivity contribution in [2.24, 2.45) is 0 Å². The molecule has 0 bridgehead atoms. The second-order valence-electron chi connectivity index (χ2n) is 8.41. The van der Waals surface area contributed by atoms with Gasteiger partial charge in [0.15, 0.2) is 17.1 Å². The molecule has 0 atom stereocenters. The number of methoxy groups -OCH3 is 1. The van der Waals surface area contributed by atoms with E-state index >= 15 is 0 Å². The van der Waals surface area contributed by atoms with Crippen LogP contribution in [0.15, 0.2) is 60.8 Å². The number of fused-ring (bicyclic) bond motifs is 4. The van der Waals surface area contributed by atoms with Gasteiger partial charge in [-0.1, -0.05) is 12.1 Å². The van der Waals surface area contributed by atoms with Crippen molar-refractivity contribution in [3.63, 3.8) is 0 Å². The molecule has 0 saturated carbocycles. The number of para-hydroxylation sites is 2. The molecule has 5 rings (SSSR count). The van der Waals surface area contributed by atoms with Crippen LogP contribution >= 0.6 is 0 Å². The summed E-state index contributed by atoms with van der Waals surface area (Å²) in [5, 5.41) is 8.94. The Hall–Kier alpha value is -3.45. The van der Waals surface area contributed by atoms with Crippen LogP contribution in [0, 0.1) is 0 Å². The highest BCUT2D eigenvalue weighted by Gasteiger charge is 2.44. The van der Waals surface area contributed by atoms with Gasteiger partial charge >= 0.3 is 0 Å². The van der Waals surface area contributed by atoms with Crippen LogP contribution in [0.25, 0.3) is 5.69 Å². The van der Waals surface area contributed by atoms with Crippen molar-refractivity contribution < 1.29 is 25.5 Å². The Bertz CT molecular complexity index is 1150. The van der Waals surface area contributed by atoms with Crippen molar-refractivity contribution in [2.75, 3.05) is 33.4 Å². The van der Waals surface area contributed by atoms with E-state index in [2.05, 4.69) is 29.0 Å². The molecular weight excluding hydrogens is 420 g/mol. The van der Waals surface area contributed by atoms with Gasteiger partial charge in [0.2, 0.25) is 0 Å². The van der Waals surface area contributed by atoms with Crippen molar-refractivity contribution in [1.82, 2.24) is 9.47 Å². The van der Waals surface area contributed by atoms with Crippen molar-refractivity contribution in [3.8, 4) is 22.9 Å². The summed E-state index contributed by atoms with van der Waals surface area (Å²) in [5.41, 5.74) is 2.32. The normalized spacial score (nSPS) is 16.0. The Morgan fingerprint density at radius 1 is 1.12 bits per heavy atom. The first kappa shape index (κ1) is 21.4. The Labute approximate surface area is 194 Å². The predicted octanol–water partition coefficient (Wildman–Crippen LogP) is 4.02. The number of benzene rings is 2. The van der Waals surface area contributed by atoms with Crippen LogP contribution in [0.2, 0.25) is 0 Å². The Morgan fingerprint density at radius 2 is 1.94 bits per heavy atom. The Balaban J connectivity index is 0.00000274. The van der Waals surface area contributed by atoms with E-state index in [-0.39, 0.29) is 13.9 Å². The number of carbonyl (C=O) groups is 1. The zero-order valence-corrected chi connectivity index (χ0v) is 18.7. The Kier molecular flexibility index (Phi) is 5.72. The molecule has 2 aromatic carbocycles. The minimum absolute atomic E-state index is 0. The van der Waals surface area contributed by atoms with E-state index in [4.69, 9.17) is 19.3 Å². The van der Waals surface area contributed by atoms with Gasteiger partial charge in [0, 0.05) is 52.1 Å². The lowest BCUT2D eigenvalue weighted by molar-refractivity contribution is -0.00931. The largest absolute Gasteiger partial charge is 0.493 e. The zero-order valence-electron chi connectivity index (χ0n) is 18.7. The minimum Gasteiger partial charge on any atom is -0.493 e. The van der Waals surface area contributed by atoms with Crippen molar-refractivity contribution in [1.29, 1.82) is 0 Å². The van der Waals surface area contributed by atoms with E-state index in [0.717, 1.165) is 30.0 Å². The number of likely N-dealkylation sites (tertiary alicyclic amines) is 1. The number of hydrogen-bond donors (Lipinski definition) is 1. The molecule has 0 aliphatic carbocycles. The summed E-state index contributed by atoms with van der Waals surface area (Å²) in [7, 11) is 1.56. The summed E-state index contributed by atoms with van der Waals surface area (Å²) in [4.78, 5) is 15.1. The van der Waals surface area contributed by atoms with Gasteiger partial charge in [0.1, 0.15) is 5.75 Å². The third-order valence-electron chi connectivity index (χ3n) is 6.47. The van der Waals surface area contributed by atoms with Gasteiger partial charge in [-0.25, -0.2) is 0 Å². The Morgan fingerprint density at radius 3 is 2.73 bits per heavy atom. The van der Waals surface area contributed by atoms with Crippen LogP contribution in [-0.2, 0) is 5.60 Å². The van der Waals surface area contributed by atoms with E-state index < -0.39 is 5.60 Å². The third kappa shape index (κ3) is 3.82. The summed E-state index contributed by atoms with van der Waals surface area (Å²) in [6, 6.07) is 17.5. The molecule has 1 saturated heterocycles. The van der Waals surface area contributed by atoms with Gasteiger partial charge in [-0.15, -0.1) is 0 Å². The highest BCUT2D eigenvalue weighted by atomic mass is 16.5. The third-order valence-corrected chi connectivity index (χ3v) is 6.47. The van der Waals surface area contributed by atoms with Gasteiger partial charge in [0.05, 0.1) is 25.1 Å². The van der Waals surface area contributed by atoms with Crippen LogP contribution in [0.1, 0.15) is 36.7 Å². The summed E-state index contributed by atoms with van der Waals surface area (Å²) in [6.07, 6.45) is 4.05. The SMILES string of the molecule is COc1cc(C(=O)N2CCC3(CC2)Oc2ccccc2-n2cccc23)ccc1OCCCO.[HH]. The molecule has 0 unspecified atom stereocenters. The molecule has 3 heterocycles. The van der Waals surface area contributed by atoms with E-state index in [1.807, 2.05) is 23.1 Å². The molecule has 7 nitrogen and oxygen atoms in total. The number of hydrogen-bond acceptors (Lipinski definition) is 5. The lowest BCUT2D eigenvalue weighted by Gasteiger charge is -2.45. The van der Waals surface area contributed by atoms with Crippen molar-refractivity contribution in [2.45, 2.75) is 24.9 Å². The molecule has 1 N–H and O–H groups in total. The number of aliphatic hydroxyl groups excluding tert-OH is 1. The number of carbonyl (C=O) groups excluding carboxylic acids is 1. The minimum atomic E-state index is -0.434.